The van der Waals surface area contributed by atoms with Crippen LogP contribution in [0.15, 0.2) is 60.8 Å². The zero-order valence-corrected chi connectivity index (χ0v) is 54.1. The van der Waals surface area contributed by atoms with Crippen LogP contribution in [0.4, 0.5) is 0 Å². The van der Waals surface area contributed by atoms with E-state index >= 15 is 0 Å². The van der Waals surface area contributed by atoms with Gasteiger partial charge in [-0.1, -0.05) is 281 Å². The maximum Gasteiger partial charge on any atom is 0.472 e. The van der Waals surface area contributed by atoms with Gasteiger partial charge in [-0.05, 0) is 89.9 Å². The maximum atomic E-state index is 13.0. The van der Waals surface area contributed by atoms with Gasteiger partial charge in [-0.2, -0.15) is 0 Å². The third kappa shape index (κ3) is 61.7. The first kappa shape index (κ1) is 79.2. The van der Waals surface area contributed by atoms with Gasteiger partial charge in [-0.25, -0.2) is 4.57 Å². The lowest BCUT2D eigenvalue weighted by molar-refractivity contribution is -0.161. The summed E-state index contributed by atoms with van der Waals surface area (Å²) in [6, 6.07) is 0. The second-order valence-electron chi connectivity index (χ2n) is 23.0. The third-order valence-corrected chi connectivity index (χ3v) is 15.9. The van der Waals surface area contributed by atoms with Crippen LogP contribution in [0.3, 0.4) is 0 Å². The maximum absolute atomic E-state index is 13.0. The van der Waals surface area contributed by atoms with E-state index in [0.29, 0.717) is 19.3 Å². The fraction of sp³-hybridized carbons (Fsp3) is 0.814. The predicted molar refractivity (Wildman–Crippen MR) is 344 cm³/mol. The summed E-state index contributed by atoms with van der Waals surface area (Å²) in [5, 5.41) is 9.88. The summed E-state index contributed by atoms with van der Waals surface area (Å²) >= 11 is 0. The highest BCUT2D eigenvalue weighted by Crippen LogP contribution is 2.43. The Labute approximate surface area is 504 Å². The Hall–Kier alpha value is -2.82. The predicted octanol–water partition coefficient (Wildman–Crippen LogP) is 21.0. The van der Waals surface area contributed by atoms with Gasteiger partial charge in [0.1, 0.15) is 12.7 Å². The van der Waals surface area contributed by atoms with Gasteiger partial charge in [0.2, 0.25) is 0 Å². The molecule has 0 saturated heterocycles. The molecule has 0 rings (SSSR count). The Kier molecular flexibility index (Phi) is 62.0. The van der Waals surface area contributed by atoms with Crippen molar-refractivity contribution in [3.8, 4) is 0 Å². The molecule has 3 unspecified atom stereocenters. The summed E-state index contributed by atoms with van der Waals surface area (Å²) in [4.78, 5) is 48.9. The molecular formula is C70H127O11P. The van der Waals surface area contributed by atoms with Crippen molar-refractivity contribution in [2.24, 2.45) is 0 Å². The molecule has 82 heavy (non-hydrogen) atoms. The molecule has 0 aliphatic heterocycles. The highest BCUT2D eigenvalue weighted by Gasteiger charge is 2.28. The van der Waals surface area contributed by atoms with Crippen molar-refractivity contribution in [1.29, 1.82) is 0 Å². The van der Waals surface area contributed by atoms with E-state index in [1.807, 2.05) is 0 Å². The number of unbranched alkanes of at least 4 members (excludes halogenated alkanes) is 37. The van der Waals surface area contributed by atoms with Crippen molar-refractivity contribution < 1.29 is 52.2 Å². The number of carbonyl (C=O) groups excluding carboxylic acids is 3. The molecule has 0 aliphatic rings. The third-order valence-electron chi connectivity index (χ3n) is 14.9. The van der Waals surface area contributed by atoms with Crippen LogP contribution < -0.4 is 0 Å². The molecule has 0 aromatic heterocycles. The number of aliphatic hydroxyl groups is 1. The molecule has 2 N–H and O–H groups in total. The number of esters is 3. The molecule has 3 atom stereocenters. The molecule has 0 aromatic rings. The number of rotatable bonds is 64. The number of hydrogen-bond acceptors (Lipinski definition) is 10. The van der Waals surface area contributed by atoms with Gasteiger partial charge < -0.3 is 24.2 Å². The van der Waals surface area contributed by atoms with Gasteiger partial charge in [-0.15, -0.1) is 0 Å². The van der Waals surface area contributed by atoms with Gasteiger partial charge in [0, 0.05) is 19.3 Å². The highest BCUT2D eigenvalue weighted by atomic mass is 31.2. The fourth-order valence-corrected chi connectivity index (χ4v) is 10.5. The summed E-state index contributed by atoms with van der Waals surface area (Å²) in [5.74, 6) is -1.47. The fourth-order valence-electron chi connectivity index (χ4n) is 9.69. The average Bonchev–Trinajstić information content (AvgIpc) is 3.50. The number of carbonyl (C=O) groups is 3. The molecule has 0 heterocycles. The number of hydrogen-bond donors (Lipinski definition) is 2. The van der Waals surface area contributed by atoms with E-state index in [-0.39, 0.29) is 25.9 Å². The van der Waals surface area contributed by atoms with Crippen LogP contribution in [0.1, 0.15) is 329 Å². The van der Waals surface area contributed by atoms with E-state index in [9.17, 15) is 28.9 Å². The zero-order chi connectivity index (χ0) is 59.8. The van der Waals surface area contributed by atoms with Gasteiger partial charge >= 0.3 is 25.7 Å². The number of ether oxygens (including phenoxy) is 3. The molecule has 0 radical (unpaired) electrons. The van der Waals surface area contributed by atoms with Crippen LogP contribution in [0.25, 0.3) is 0 Å². The minimum Gasteiger partial charge on any atom is -0.462 e. The van der Waals surface area contributed by atoms with Gasteiger partial charge in [0.05, 0.1) is 19.8 Å². The first-order chi connectivity index (χ1) is 40.2. The van der Waals surface area contributed by atoms with E-state index in [1.54, 1.807) is 0 Å². The van der Waals surface area contributed by atoms with Gasteiger partial charge in [0.15, 0.2) is 6.10 Å². The number of aliphatic hydroxyl groups excluding tert-OH is 1. The Bertz CT molecular complexity index is 1610. The molecule has 478 valence electrons. The molecule has 0 fully saturated rings. The van der Waals surface area contributed by atoms with Crippen LogP contribution in [-0.4, -0.2) is 66.5 Å². The van der Waals surface area contributed by atoms with Gasteiger partial charge in [0.25, 0.3) is 0 Å². The minimum atomic E-state index is -4.76. The molecule has 0 bridgehead atoms. The molecule has 0 aromatic carbocycles. The number of phosphoric ester groups is 1. The van der Waals surface area contributed by atoms with Crippen LogP contribution >= 0.6 is 7.82 Å². The van der Waals surface area contributed by atoms with Crippen molar-refractivity contribution in [3.63, 3.8) is 0 Å². The Morgan fingerprint density at radius 2 is 0.598 bits per heavy atom. The van der Waals surface area contributed by atoms with Gasteiger partial charge in [-0.3, -0.25) is 23.4 Å². The summed E-state index contributed by atoms with van der Waals surface area (Å²) in [6.45, 7) is 4.64. The van der Waals surface area contributed by atoms with E-state index in [1.165, 1.54) is 167 Å². The molecule has 0 aliphatic carbocycles. The Morgan fingerprint density at radius 1 is 0.341 bits per heavy atom. The zero-order valence-electron chi connectivity index (χ0n) is 53.2. The molecule has 0 saturated carbocycles. The molecule has 0 amide bonds. The Morgan fingerprint density at radius 3 is 0.939 bits per heavy atom. The summed E-state index contributed by atoms with van der Waals surface area (Å²) < 4.78 is 39.8. The largest absolute Gasteiger partial charge is 0.472 e. The van der Waals surface area contributed by atoms with E-state index in [0.717, 1.165) is 103 Å². The molecular weight excluding hydrogens is 1050 g/mol. The molecule has 11 nitrogen and oxygen atoms in total. The smallest absolute Gasteiger partial charge is 0.462 e. The van der Waals surface area contributed by atoms with Crippen molar-refractivity contribution in [2.75, 3.05) is 26.4 Å². The van der Waals surface area contributed by atoms with Crippen LogP contribution in [0, 0.1) is 0 Å². The van der Waals surface area contributed by atoms with E-state index < -0.39 is 57.8 Å². The lowest BCUT2D eigenvalue weighted by Crippen LogP contribution is -2.30. The van der Waals surface area contributed by atoms with Crippen molar-refractivity contribution in [2.45, 2.75) is 341 Å². The first-order valence-corrected chi connectivity index (χ1v) is 35.7. The molecule has 0 spiro atoms. The Balaban J connectivity index is 4.68. The second kappa shape index (κ2) is 64.2. The lowest BCUT2D eigenvalue weighted by Gasteiger charge is -2.21. The normalized spacial score (nSPS) is 13.6. The van der Waals surface area contributed by atoms with Crippen molar-refractivity contribution in [3.05, 3.63) is 60.8 Å². The number of allylic oxidation sites excluding steroid dienone is 10. The minimum absolute atomic E-state index is 0.152. The van der Waals surface area contributed by atoms with Crippen molar-refractivity contribution >= 4 is 25.7 Å². The van der Waals surface area contributed by atoms with Crippen LogP contribution in [0.5, 0.6) is 0 Å². The summed E-state index contributed by atoms with van der Waals surface area (Å²) in [7, 11) is -4.76. The quantitative estimate of drug-likeness (QED) is 0.0197. The SMILES string of the molecule is CCCCC/C=C\C/C=C\C/C=C\CCCCCCCCC(=O)OC(COC(=O)CCCCCCCCC/C=C\C/C=C\CCCCC)COP(=O)(O)OCC(CO)OC(=O)CCCCCCCCCCCCCCCCCCCCC. The summed E-state index contributed by atoms with van der Waals surface area (Å²) in [5.41, 5.74) is 0. The number of phosphoric acid groups is 1. The van der Waals surface area contributed by atoms with E-state index in [4.69, 9.17) is 23.3 Å². The topological polar surface area (TPSA) is 155 Å². The summed E-state index contributed by atoms with van der Waals surface area (Å²) in [6.07, 6.45) is 73.1. The highest BCUT2D eigenvalue weighted by molar-refractivity contribution is 7.47. The standard InChI is InChI=1S/C70H127O11P/c1-4-7-10-13-16-19-22-25-28-31-33-36-39-42-45-48-51-54-57-60-69(73)80-66(62-71)64-78-82(75,76)79-65-67(63-77-68(72)59-56-53-50-47-44-41-38-35-30-27-24-21-18-15-12-9-6-3)81-70(74)61-58-55-52-49-46-43-40-37-34-32-29-26-23-20-17-14-11-8-5-2/h17-18,20-21,26-27,29-30,34,37,66-67,71H,4-16,19,22-25,28,31-33,35-36,38-65H2,1-3H3,(H,75,76)/b20-17-,21-18-,29-26-,30-27-,37-34-. The first-order valence-electron chi connectivity index (χ1n) is 34.2. The van der Waals surface area contributed by atoms with Crippen LogP contribution in [-0.2, 0) is 42.2 Å². The van der Waals surface area contributed by atoms with E-state index in [2.05, 4.69) is 81.5 Å². The van der Waals surface area contributed by atoms with Crippen molar-refractivity contribution in [1.82, 2.24) is 0 Å². The monoisotopic (exact) mass is 1170 g/mol. The molecule has 12 heteroatoms. The van der Waals surface area contributed by atoms with Crippen LogP contribution in [0.2, 0.25) is 0 Å². The second-order valence-corrected chi connectivity index (χ2v) is 24.4. The lowest BCUT2D eigenvalue weighted by atomic mass is 10.0. The average molecular weight is 1180 g/mol.